The van der Waals surface area contributed by atoms with Crippen LogP contribution in [0.25, 0.3) is 0 Å². The summed E-state index contributed by atoms with van der Waals surface area (Å²) in [6, 6.07) is 0. The van der Waals surface area contributed by atoms with Gasteiger partial charge in [0.1, 0.15) is 6.61 Å². The van der Waals surface area contributed by atoms with Gasteiger partial charge in [-0.3, -0.25) is 9.59 Å². The third-order valence-corrected chi connectivity index (χ3v) is 8.58. The molecule has 0 aromatic rings. The number of hydrogen-bond acceptors (Lipinski definition) is 6. The van der Waals surface area contributed by atoms with Crippen LogP contribution in [-0.2, 0) is 19.1 Å². The predicted octanol–water partition coefficient (Wildman–Crippen LogP) is 10.5. The van der Waals surface area contributed by atoms with Crippen LogP contribution in [0, 0.1) is 5.92 Å². The SMILES string of the molecule is CCCCCCCC/C=C/C/C=C/C=C/C(O)CCCC(=O)O[C@@H](CO)COC(=O)CCCCCCCCCCCCC(C)CC. The molecule has 3 atom stereocenters. The molecule has 2 N–H and O–H groups in total. The van der Waals surface area contributed by atoms with E-state index in [1.807, 2.05) is 12.2 Å². The normalized spacial score (nSPS) is 13.9. The topological polar surface area (TPSA) is 93.1 Å². The summed E-state index contributed by atoms with van der Waals surface area (Å²) in [6.45, 7) is 6.32. The van der Waals surface area contributed by atoms with Crippen molar-refractivity contribution in [1.29, 1.82) is 0 Å². The summed E-state index contributed by atoms with van der Waals surface area (Å²) in [5.74, 6) is 0.0798. The Labute approximate surface area is 283 Å². The Kier molecular flexibility index (Phi) is 33.0. The van der Waals surface area contributed by atoms with Crippen molar-refractivity contribution in [2.24, 2.45) is 5.92 Å². The lowest BCUT2D eigenvalue weighted by Gasteiger charge is -2.16. The number of ether oxygens (including phenoxy) is 2. The van der Waals surface area contributed by atoms with E-state index in [-0.39, 0.29) is 19.0 Å². The highest BCUT2D eigenvalue weighted by Crippen LogP contribution is 2.16. The number of hydrogen-bond donors (Lipinski definition) is 2. The molecule has 0 rings (SSSR count). The third-order valence-electron chi connectivity index (χ3n) is 8.58. The van der Waals surface area contributed by atoms with Gasteiger partial charge in [-0.1, -0.05) is 160 Å². The summed E-state index contributed by atoms with van der Waals surface area (Å²) in [5, 5.41) is 19.7. The van der Waals surface area contributed by atoms with Crippen LogP contribution < -0.4 is 0 Å². The maximum Gasteiger partial charge on any atom is 0.306 e. The molecule has 6 nitrogen and oxygen atoms in total. The minimum absolute atomic E-state index is 0.132. The summed E-state index contributed by atoms with van der Waals surface area (Å²) < 4.78 is 10.5. The van der Waals surface area contributed by atoms with Crippen molar-refractivity contribution in [1.82, 2.24) is 0 Å². The average Bonchev–Trinajstić information content (AvgIpc) is 3.05. The Hall–Kier alpha value is -1.92. The van der Waals surface area contributed by atoms with Crippen LogP contribution in [0.3, 0.4) is 0 Å². The van der Waals surface area contributed by atoms with E-state index in [4.69, 9.17) is 9.47 Å². The molecule has 0 saturated heterocycles. The molecule has 268 valence electrons. The first-order valence-corrected chi connectivity index (χ1v) is 19.0. The van der Waals surface area contributed by atoms with Gasteiger partial charge in [0.15, 0.2) is 6.10 Å². The Morgan fingerprint density at radius 3 is 1.93 bits per heavy atom. The smallest absolute Gasteiger partial charge is 0.306 e. The zero-order valence-electron chi connectivity index (χ0n) is 30.1. The largest absolute Gasteiger partial charge is 0.462 e. The lowest BCUT2D eigenvalue weighted by Crippen LogP contribution is -2.28. The highest BCUT2D eigenvalue weighted by molar-refractivity contribution is 5.70. The third kappa shape index (κ3) is 32.0. The van der Waals surface area contributed by atoms with E-state index in [0.29, 0.717) is 19.3 Å². The van der Waals surface area contributed by atoms with E-state index >= 15 is 0 Å². The van der Waals surface area contributed by atoms with Gasteiger partial charge in [-0.15, -0.1) is 0 Å². The molecular formula is C40H72O6. The minimum Gasteiger partial charge on any atom is -0.462 e. The molecule has 2 unspecified atom stereocenters. The molecule has 0 aliphatic rings. The number of carbonyl (C=O) groups excluding carboxylic acids is 2. The first kappa shape index (κ1) is 44.1. The van der Waals surface area contributed by atoms with Crippen molar-refractivity contribution in [2.75, 3.05) is 13.2 Å². The molecule has 0 radical (unpaired) electrons. The molecule has 0 aromatic carbocycles. The molecule has 0 aliphatic heterocycles. The second kappa shape index (κ2) is 34.4. The molecule has 0 aromatic heterocycles. The number of aliphatic hydroxyl groups is 2. The van der Waals surface area contributed by atoms with Gasteiger partial charge in [0, 0.05) is 12.8 Å². The molecule has 0 amide bonds. The first-order chi connectivity index (χ1) is 22.4. The second-order valence-corrected chi connectivity index (χ2v) is 13.1. The van der Waals surface area contributed by atoms with E-state index < -0.39 is 24.8 Å². The van der Waals surface area contributed by atoms with E-state index in [1.165, 1.54) is 96.3 Å². The van der Waals surface area contributed by atoms with Gasteiger partial charge >= 0.3 is 11.9 Å². The van der Waals surface area contributed by atoms with Gasteiger partial charge in [-0.25, -0.2) is 0 Å². The average molecular weight is 649 g/mol. The van der Waals surface area contributed by atoms with E-state index in [0.717, 1.165) is 38.0 Å². The van der Waals surface area contributed by atoms with Gasteiger partial charge in [0.25, 0.3) is 0 Å². The standard InChI is InChI=1S/C40H72O6/c1-4-6-7-8-9-10-11-12-13-17-20-23-26-30-37(42)31-28-33-40(44)46-38(34-41)35-45-39(43)32-27-24-21-18-15-14-16-19-22-25-29-36(3)5-2/h12-13,20,23,26,30,36-38,41-42H,4-11,14-19,21-22,24-25,27-29,31-35H2,1-3H3/b13-12+,23-20+,30-26+/t36?,37?,38-/m0/s1. The van der Waals surface area contributed by atoms with Crippen LogP contribution in [0.4, 0.5) is 0 Å². The Morgan fingerprint density at radius 1 is 0.674 bits per heavy atom. The summed E-state index contributed by atoms with van der Waals surface area (Å²) in [4.78, 5) is 24.2. The highest BCUT2D eigenvalue weighted by Gasteiger charge is 2.16. The van der Waals surface area contributed by atoms with Crippen molar-refractivity contribution in [3.8, 4) is 0 Å². The van der Waals surface area contributed by atoms with Crippen molar-refractivity contribution in [3.63, 3.8) is 0 Å². The Balaban J connectivity index is 3.77. The summed E-state index contributed by atoms with van der Waals surface area (Å²) in [5.41, 5.74) is 0. The van der Waals surface area contributed by atoms with Crippen LogP contribution >= 0.6 is 0 Å². The van der Waals surface area contributed by atoms with Gasteiger partial charge in [-0.2, -0.15) is 0 Å². The lowest BCUT2D eigenvalue weighted by atomic mass is 9.99. The minimum atomic E-state index is -0.860. The van der Waals surface area contributed by atoms with Gasteiger partial charge in [0.05, 0.1) is 12.7 Å². The maximum absolute atomic E-state index is 12.2. The molecule has 0 bridgehead atoms. The van der Waals surface area contributed by atoms with Crippen LogP contribution in [0.15, 0.2) is 36.5 Å². The van der Waals surface area contributed by atoms with Crippen LogP contribution in [0.5, 0.6) is 0 Å². The number of rotatable bonds is 33. The Bertz CT molecular complexity index is 774. The molecule has 0 fully saturated rings. The molecule has 0 aliphatic carbocycles. The quantitative estimate of drug-likeness (QED) is 0.0318. The van der Waals surface area contributed by atoms with Crippen molar-refractivity contribution < 1.29 is 29.3 Å². The van der Waals surface area contributed by atoms with Gasteiger partial charge < -0.3 is 19.7 Å². The van der Waals surface area contributed by atoms with Crippen LogP contribution in [0.1, 0.15) is 175 Å². The first-order valence-electron chi connectivity index (χ1n) is 19.0. The fourth-order valence-corrected chi connectivity index (χ4v) is 5.24. The summed E-state index contributed by atoms with van der Waals surface area (Å²) >= 11 is 0. The van der Waals surface area contributed by atoms with Crippen molar-refractivity contribution >= 4 is 11.9 Å². The summed E-state index contributed by atoms with van der Waals surface area (Å²) in [6.07, 6.45) is 36.6. The maximum atomic E-state index is 12.2. The van der Waals surface area contributed by atoms with E-state index in [9.17, 15) is 19.8 Å². The Morgan fingerprint density at radius 2 is 1.28 bits per heavy atom. The monoisotopic (exact) mass is 649 g/mol. The molecular weight excluding hydrogens is 576 g/mol. The van der Waals surface area contributed by atoms with Crippen LogP contribution in [-0.4, -0.2) is 47.6 Å². The van der Waals surface area contributed by atoms with Gasteiger partial charge in [-0.05, 0) is 44.4 Å². The molecule has 46 heavy (non-hydrogen) atoms. The molecule has 0 heterocycles. The van der Waals surface area contributed by atoms with Crippen molar-refractivity contribution in [3.05, 3.63) is 36.5 Å². The molecule has 0 spiro atoms. The zero-order chi connectivity index (χ0) is 33.9. The molecule has 0 saturated carbocycles. The summed E-state index contributed by atoms with van der Waals surface area (Å²) in [7, 11) is 0. The number of carbonyl (C=O) groups is 2. The second-order valence-electron chi connectivity index (χ2n) is 13.1. The number of esters is 2. The lowest BCUT2D eigenvalue weighted by molar-refractivity contribution is -0.161. The van der Waals surface area contributed by atoms with Crippen molar-refractivity contribution in [2.45, 2.75) is 187 Å². The number of aliphatic hydroxyl groups excluding tert-OH is 2. The highest BCUT2D eigenvalue weighted by atomic mass is 16.6. The van der Waals surface area contributed by atoms with Crippen LogP contribution in [0.2, 0.25) is 0 Å². The number of allylic oxidation sites excluding steroid dienone is 5. The number of unbranched alkanes of at least 4 members (excludes halogenated alkanes) is 15. The fourth-order valence-electron chi connectivity index (χ4n) is 5.24. The molecule has 6 heteroatoms. The zero-order valence-corrected chi connectivity index (χ0v) is 30.1. The fraction of sp³-hybridized carbons (Fsp3) is 0.800. The van der Waals surface area contributed by atoms with E-state index in [1.54, 1.807) is 6.08 Å². The van der Waals surface area contributed by atoms with Gasteiger partial charge in [0.2, 0.25) is 0 Å². The van der Waals surface area contributed by atoms with E-state index in [2.05, 4.69) is 39.0 Å². The predicted molar refractivity (Wildman–Crippen MR) is 193 cm³/mol.